The van der Waals surface area contributed by atoms with Crippen LogP contribution in [0.2, 0.25) is 0 Å². The van der Waals surface area contributed by atoms with Crippen LogP contribution in [0.25, 0.3) is 0 Å². The molecule has 1 aromatic heterocycles. The van der Waals surface area contributed by atoms with Gasteiger partial charge in [0, 0.05) is 15.9 Å². The van der Waals surface area contributed by atoms with Crippen LogP contribution in [0.5, 0.6) is 0 Å². The van der Waals surface area contributed by atoms with Crippen LogP contribution < -0.4 is 11.3 Å². The molecule has 2 nitrogen and oxygen atoms in total. The SMILES string of the molecule is CCCCCCCCC(NN)c1cscc1Br. The number of hydrogen-bond acceptors (Lipinski definition) is 3. The third-order valence-corrected chi connectivity index (χ3v) is 4.82. The molecule has 1 heterocycles. The third-order valence-electron chi connectivity index (χ3n) is 3.07. The van der Waals surface area contributed by atoms with Gasteiger partial charge in [-0.1, -0.05) is 45.4 Å². The van der Waals surface area contributed by atoms with E-state index >= 15 is 0 Å². The van der Waals surface area contributed by atoms with Crippen molar-refractivity contribution in [3.63, 3.8) is 0 Å². The maximum absolute atomic E-state index is 5.63. The molecule has 0 fully saturated rings. The molecule has 1 atom stereocenters. The highest BCUT2D eigenvalue weighted by Crippen LogP contribution is 2.29. The predicted octanol–water partition coefficient (Wildman–Crippen LogP) is 4.77. The molecular weight excluding hydrogens is 296 g/mol. The van der Waals surface area contributed by atoms with Gasteiger partial charge in [0.1, 0.15) is 0 Å². The fourth-order valence-electron chi connectivity index (χ4n) is 2.00. The fourth-order valence-corrected chi connectivity index (χ4v) is 3.62. The van der Waals surface area contributed by atoms with Crippen LogP contribution in [-0.2, 0) is 0 Å². The summed E-state index contributed by atoms with van der Waals surface area (Å²) in [6.07, 6.45) is 9.11. The van der Waals surface area contributed by atoms with Crippen LogP contribution >= 0.6 is 27.3 Å². The second kappa shape index (κ2) is 9.09. The Morgan fingerprint density at radius 3 is 2.53 bits per heavy atom. The van der Waals surface area contributed by atoms with Crippen molar-refractivity contribution in [1.29, 1.82) is 0 Å². The Balaban J connectivity index is 2.22. The largest absolute Gasteiger partial charge is 0.271 e. The lowest BCUT2D eigenvalue weighted by atomic mass is 10.0. The molecule has 98 valence electrons. The first-order valence-corrected chi connectivity index (χ1v) is 8.20. The van der Waals surface area contributed by atoms with Crippen molar-refractivity contribution in [3.8, 4) is 0 Å². The van der Waals surface area contributed by atoms with E-state index in [-0.39, 0.29) is 0 Å². The Morgan fingerprint density at radius 1 is 1.24 bits per heavy atom. The molecule has 4 heteroatoms. The Bertz CT molecular complexity index is 301. The van der Waals surface area contributed by atoms with Crippen molar-refractivity contribution in [1.82, 2.24) is 5.43 Å². The van der Waals surface area contributed by atoms with E-state index in [1.54, 1.807) is 11.3 Å². The minimum atomic E-state index is 0.293. The summed E-state index contributed by atoms with van der Waals surface area (Å²) in [5.41, 5.74) is 4.22. The summed E-state index contributed by atoms with van der Waals surface area (Å²) in [5, 5.41) is 4.28. The average Bonchev–Trinajstić information content (AvgIpc) is 2.75. The predicted molar refractivity (Wildman–Crippen MR) is 80.1 cm³/mol. The lowest BCUT2D eigenvalue weighted by Crippen LogP contribution is -2.27. The van der Waals surface area contributed by atoms with E-state index in [4.69, 9.17) is 5.84 Å². The van der Waals surface area contributed by atoms with Gasteiger partial charge >= 0.3 is 0 Å². The van der Waals surface area contributed by atoms with Gasteiger partial charge < -0.3 is 0 Å². The number of halogens is 1. The highest BCUT2D eigenvalue weighted by atomic mass is 79.9. The summed E-state index contributed by atoms with van der Waals surface area (Å²) < 4.78 is 1.18. The number of thiophene rings is 1. The van der Waals surface area contributed by atoms with Crippen molar-refractivity contribution in [2.24, 2.45) is 5.84 Å². The molecule has 1 unspecified atom stereocenters. The molecular formula is C13H23BrN2S. The van der Waals surface area contributed by atoms with Crippen molar-refractivity contribution in [3.05, 3.63) is 20.8 Å². The second-order valence-corrected chi connectivity index (χ2v) is 6.05. The van der Waals surface area contributed by atoms with Crippen molar-refractivity contribution in [2.75, 3.05) is 0 Å². The summed E-state index contributed by atoms with van der Waals surface area (Å²) in [5.74, 6) is 5.63. The number of rotatable bonds is 9. The summed E-state index contributed by atoms with van der Waals surface area (Å²) in [6, 6.07) is 0.293. The van der Waals surface area contributed by atoms with Crippen molar-refractivity contribution in [2.45, 2.75) is 57.9 Å². The van der Waals surface area contributed by atoms with E-state index in [2.05, 4.69) is 39.0 Å². The van der Waals surface area contributed by atoms with Gasteiger partial charge in [-0.25, -0.2) is 0 Å². The monoisotopic (exact) mass is 318 g/mol. The highest BCUT2D eigenvalue weighted by molar-refractivity contribution is 9.10. The van der Waals surface area contributed by atoms with Gasteiger partial charge in [0.15, 0.2) is 0 Å². The molecule has 0 saturated carbocycles. The van der Waals surface area contributed by atoms with Crippen LogP contribution in [0, 0.1) is 0 Å². The Kier molecular flexibility index (Phi) is 8.10. The molecule has 1 aromatic rings. The molecule has 0 amide bonds. The average molecular weight is 319 g/mol. The van der Waals surface area contributed by atoms with E-state index in [1.165, 1.54) is 48.6 Å². The first kappa shape index (κ1) is 15.2. The van der Waals surface area contributed by atoms with Crippen LogP contribution in [-0.4, -0.2) is 0 Å². The molecule has 0 spiro atoms. The summed E-state index contributed by atoms with van der Waals surface area (Å²) >= 11 is 5.28. The second-order valence-electron chi connectivity index (χ2n) is 4.45. The van der Waals surface area contributed by atoms with Gasteiger partial charge in [0.2, 0.25) is 0 Å². The Morgan fingerprint density at radius 2 is 1.94 bits per heavy atom. The summed E-state index contributed by atoms with van der Waals surface area (Å²) in [4.78, 5) is 0. The number of hydrogen-bond donors (Lipinski definition) is 2. The Hall–Kier alpha value is 0.100. The minimum absolute atomic E-state index is 0.293. The molecule has 3 N–H and O–H groups in total. The number of nitrogens with two attached hydrogens (primary N) is 1. The molecule has 17 heavy (non-hydrogen) atoms. The van der Waals surface area contributed by atoms with Crippen molar-refractivity contribution < 1.29 is 0 Å². The zero-order valence-corrected chi connectivity index (χ0v) is 12.9. The smallest absolute Gasteiger partial charge is 0.0479 e. The van der Waals surface area contributed by atoms with Gasteiger partial charge in [-0.3, -0.25) is 11.3 Å². The van der Waals surface area contributed by atoms with E-state index in [0.717, 1.165) is 6.42 Å². The zero-order chi connectivity index (χ0) is 12.5. The quantitative estimate of drug-likeness (QED) is 0.391. The molecule has 0 aliphatic heterocycles. The molecule has 0 aliphatic carbocycles. The standard InChI is InChI=1S/C13H23BrN2S/c1-2-3-4-5-6-7-8-13(16-15)11-9-17-10-12(11)14/h9-10,13,16H,2-8,15H2,1H3. The topological polar surface area (TPSA) is 38.0 Å². The molecule has 0 aromatic carbocycles. The van der Waals surface area contributed by atoms with Gasteiger partial charge in [0.05, 0.1) is 0 Å². The maximum Gasteiger partial charge on any atom is 0.0479 e. The third kappa shape index (κ3) is 5.51. The first-order chi connectivity index (χ1) is 8.29. The normalized spacial score (nSPS) is 12.9. The molecule has 0 aliphatic rings. The van der Waals surface area contributed by atoms with E-state index in [0.29, 0.717) is 6.04 Å². The molecule has 0 saturated heterocycles. The molecule has 0 bridgehead atoms. The lowest BCUT2D eigenvalue weighted by Gasteiger charge is -2.15. The number of hydrazine groups is 1. The van der Waals surface area contributed by atoms with Crippen LogP contribution in [0.1, 0.15) is 63.5 Å². The Labute approximate surface area is 117 Å². The fraction of sp³-hybridized carbons (Fsp3) is 0.692. The number of nitrogens with one attached hydrogen (secondary N) is 1. The summed E-state index contributed by atoms with van der Waals surface area (Å²) in [6.45, 7) is 2.25. The van der Waals surface area contributed by atoms with Gasteiger partial charge in [0.25, 0.3) is 0 Å². The van der Waals surface area contributed by atoms with Crippen LogP contribution in [0.15, 0.2) is 15.2 Å². The molecule has 0 radical (unpaired) electrons. The van der Waals surface area contributed by atoms with Crippen LogP contribution in [0.4, 0.5) is 0 Å². The minimum Gasteiger partial charge on any atom is -0.271 e. The van der Waals surface area contributed by atoms with Gasteiger partial charge in [-0.2, -0.15) is 11.3 Å². The van der Waals surface area contributed by atoms with E-state index in [1.807, 2.05) is 0 Å². The number of unbranched alkanes of at least 4 members (excludes halogenated alkanes) is 5. The molecule has 1 rings (SSSR count). The zero-order valence-electron chi connectivity index (χ0n) is 10.5. The maximum atomic E-state index is 5.63. The van der Waals surface area contributed by atoms with Crippen LogP contribution in [0.3, 0.4) is 0 Å². The van der Waals surface area contributed by atoms with E-state index < -0.39 is 0 Å². The van der Waals surface area contributed by atoms with Gasteiger partial charge in [-0.05, 0) is 33.3 Å². The summed E-state index contributed by atoms with van der Waals surface area (Å²) in [7, 11) is 0. The lowest BCUT2D eigenvalue weighted by molar-refractivity contribution is 0.477. The van der Waals surface area contributed by atoms with E-state index in [9.17, 15) is 0 Å². The van der Waals surface area contributed by atoms with Gasteiger partial charge in [-0.15, -0.1) is 0 Å². The van der Waals surface area contributed by atoms with Crippen molar-refractivity contribution >= 4 is 27.3 Å². The first-order valence-electron chi connectivity index (χ1n) is 6.47. The highest BCUT2D eigenvalue weighted by Gasteiger charge is 2.13.